The minimum Gasteiger partial charge on any atom is -0.493 e. The Kier molecular flexibility index (Phi) is 7.94. The van der Waals surface area contributed by atoms with Gasteiger partial charge in [-0.3, -0.25) is 9.69 Å². The zero-order valence-corrected chi connectivity index (χ0v) is 19.4. The molecule has 0 aromatic heterocycles. The van der Waals surface area contributed by atoms with Gasteiger partial charge in [-0.1, -0.05) is 25.1 Å². The number of amides is 1. The molecule has 0 aliphatic carbocycles. The van der Waals surface area contributed by atoms with Crippen LogP contribution in [0.15, 0.2) is 52.4 Å². The van der Waals surface area contributed by atoms with Crippen LogP contribution in [0.3, 0.4) is 0 Å². The van der Waals surface area contributed by atoms with Crippen molar-refractivity contribution in [2.45, 2.75) is 20.3 Å². The van der Waals surface area contributed by atoms with Crippen LogP contribution in [-0.4, -0.2) is 49.3 Å². The van der Waals surface area contributed by atoms with E-state index < -0.39 is 5.97 Å². The van der Waals surface area contributed by atoms with E-state index in [0.29, 0.717) is 46.0 Å². The van der Waals surface area contributed by atoms with Gasteiger partial charge >= 0.3 is 5.97 Å². The van der Waals surface area contributed by atoms with Crippen LogP contribution in [0.4, 0.5) is 5.69 Å². The van der Waals surface area contributed by atoms with Gasteiger partial charge in [0.1, 0.15) is 0 Å². The molecule has 0 unspecified atom stereocenters. The second-order valence-corrected chi connectivity index (χ2v) is 7.88. The van der Waals surface area contributed by atoms with Gasteiger partial charge in [0.25, 0.3) is 5.91 Å². The number of methoxy groups -OCH3 is 1. The Balaban J connectivity index is 1.91. The van der Waals surface area contributed by atoms with E-state index in [1.165, 1.54) is 16.7 Å². The standard InChI is InChI=1S/C24H26N2O5S/c1-5-13-31-21-16(9-8-12-19(21)29-4)15-20-22(27)26(3)24(32-20)25-18-11-7-10-17(14-18)23(28)30-6-2/h7-12,14-15H,5-6,13H2,1-4H3. The Morgan fingerprint density at radius 3 is 2.69 bits per heavy atom. The average Bonchev–Trinajstić information content (AvgIpc) is 3.06. The SMILES string of the molecule is CCCOc1c(C=C2SC(=Nc3cccc(C(=O)OCC)c3)N(C)C2=O)cccc1OC. The fraction of sp³-hybridized carbons (Fsp3) is 0.292. The minimum absolute atomic E-state index is 0.167. The van der Waals surface area contributed by atoms with Crippen molar-refractivity contribution < 1.29 is 23.8 Å². The van der Waals surface area contributed by atoms with Gasteiger partial charge < -0.3 is 14.2 Å². The van der Waals surface area contributed by atoms with Gasteiger partial charge in [-0.2, -0.15) is 0 Å². The average molecular weight is 455 g/mol. The normalized spacial score (nSPS) is 16.0. The molecular weight excluding hydrogens is 428 g/mol. The molecule has 3 rings (SSSR count). The van der Waals surface area contributed by atoms with Crippen LogP contribution in [0.1, 0.15) is 36.2 Å². The summed E-state index contributed by atoms with van der Waals surface area (Å²) in [4.78, 5) is 31.4. The van der Waals surface area contributed by atoms with Crippen LogP contribution >= 0.6 is 11.8 Å². The fourth-order valence-electron chi connectivity index (χ4n) is 2.99. The minimum atomic E-state index is -0.406. The second-order valence-electron chi connectivity index (χ2n) is 6.87. The Morgan fingerprint density at radius 2 is 1.97 bits per heavy atom. The molecule has 0 radical (unpaired) electrons. The topological polar surface area (TPSA) is 77.4 Å². The maximum Gasteiger partial charge on any atom is 0.338 e. The van der Waals surface area contributed by atoms with Gasteiger partial charge in [-0.15, -0.1) is 0 Å². The highest BCUT2D eigenvalue weighted by molar-refractivity contribution is 8.18. The Labute approximate surface area is 192 Å². The van der Waals surface area contributed by atoms with E-state index in [0.717, 1.165) is 12.0 Å². The van der Waals surface area contributed by atoms with E-state index >= 15 is 0 Å². The summed E-state index contributed by atoms with van der Waals surface area (Å²) in [5.41, 5.74) is 1.73. The first-order valence-electron chi connectivity index (χ1n) is 10.3. The first-order valence-corrected chi connectivity index (χ1v) is 11.1. The molecule has 168 valence electrons. The van der Waals surface area contributed by atoms with E-state index in [4.69, 9.17) is 14.2 Å². The number of benzene rings is 2. The van der Waals surface area contributed by atoms with Gasteiger partial charge in [0.15, 0.2) is 16.7 Å². The van der Waals surface area contributed by atoms with Gasteiger partial charge in [0.2, 0.25) is 0 Å². The molecule has 0 spiro atoms. The third-order valence-corrected chi connectivity index (χ3v) is 5.61. The summed E-state index contributed by atoms with van der Waals surface area (Å²) in [6.45, 7) is 4.62. The number of thioether (sulfide) groups is 1. The molecule has 0 bridgehead atoms. The molecule has 1 aliphatic rings. The molecule has 1 amide bonds. The molecule has 1 aliphatic heterocycles. The number of ether oxygens (including phenoxy) is 3. The third kappa shape index (κ3) is 5.31. The first-order chi connectivity index (χ1) is 15.5. The van der Waals surface area contributed by atoms with Crippen molar-refractivity contribution in [2.75, 3.05) is 27.4 Å². The fourth-order valence-corrected chi connectivity index (χ4v) is 3.96. The van der Waals surface area contributed by atoms with E-state index in [9.17, 15) is 9.59 Å². The van der Waals surface area contributed by atoms with Crippen molar-refractivity contribution in [1.29, 1.82) is 0 Å². The smallest absolute Gasteiger partial charge is 0.338 e. The summed E-state index contributed by atoms with van der Waals surface area (Å²) in [7, 11) is 3.26. The van der Waals surface area contributed by atoms with Gasteiger partial charge in [0, 0.05) is 12.6 Å². The molecule has 1 fully saturated rings. The van der Waals surface area contributed by atoms with Crippen LogP contribution < -0.4 is 9.47 Å². The quantitative estimate of drug-likeness (QED) is 0.417. The molecular formula is C24H26N2O5S. The maximum atomic E-state index is 12.9. The first kappa shape index (κ1) is 23.4. The monoisotopic (exact) mass is 454 g/mol. The van der Waals surface area contributed by atoms with Crippen LogP contribution in [0, 0.1) is 0 Å². The maximum absolute atomic E-state index is 12.9. The van der Waals surface area contributed by atoms with Crippen molar-refractivity contribution in [3.05, 3.63) is 58.5 Å². The summed E-state index contributed by atoms with van der Waals surface area (Å²) in [5.74, 6) is 0.644. The number of hydrogen-bond acceptors (Lipinski definition) is 7. The molecule has 0 atom stereocenters. The largest absolute Gasteiger partial charge is 0.493 e. The van der Waals surface area contributed by atoms with Crippen molar-refractivity contribution in [1.82, 2.24) is 4.90 Å². The second kappa shape index (κ2) is 10.9. The summed E-state index contributed by atoms with van der Waals surface area (Å²) < 4.78 is 16.4. The van der Waals surface area contributed by atoms with Gasteiger partial charge in [-0.25, -0.2) is 9.79 Å². The number of rotatable bonds is 8. The lowest BCUT2D eigenvalue weighted by molar-refractivity contribution is -0.121. The van der Waals surface area contributed by atoms with E-state index in [1.807, 2.05) is 25.1 Å². The van der Waals surface area contributed by atoms with Crippen LogP contribution in [0.5, 0.6) is 11.5 Å². The number of likely N-dealkylation sites (N-methyl/N-ethyl adjacent to an activating group) is 1. The summed E-state index contributed by atoms with van der Waals surface area (Å²) >= 11 is 1.26. The Morgan fingerprint density at radius 1 is 1.19 bits per heavy atom. The molecule has 7 nitrogen and oxygen atoms in total. The van der Waals surface area contributed by atoms with Crippen LogP contribution in [-0.2, 0) is 9.53 Å². The molecule has 8 heteroatoms. The number of amidine groups is 1. The number of nitrogens with zero attached hydrogens (tertiary/aromatic N) is 2. The third-order valence-electron chi connectivity index (χ3n) is 4.55. The molecule has 0 saturated carbocycles. The van der Waals surface area contributed by atoms with E-state index in [1.54, 1.807) is 51.4 Å². The number of para-hydroxylation sites is 1. The van der Waals surface area contributed by atoms with Gasteiger partial charge in [0.05, 0.1) is 36.5 Å². The summed E-state index contributed by atoms with van der Waals surface area (Å²) in [5, 5.41) is 0.515. The molecule has 2 aromatic rings. The van der Waals surface area contributed by atoms with Crippen molar-refractivity contribution in [3.8, 4) is 11.5 Å². The van der Waals surface area contributed by atoms with E-state index in [2.05, 4.69) is 4.99 Å². The van der Waals surface area contributed by atoms with Crippen molar-refractivity contribution in [2.24, 2.45) is 4.99 Å². The summed E-state index contributed by atoms with van der Waals surface area (Å²) in [6.07, 6.45) is 2.64. The van der Waals surface area contributed by atoms with Crippen molar-refractivity contribution >= 4 is 40.6 Å². The number of aliphatic imine (C=N–C) groups is 1. The van der Waals surface area contributed by atoms with Crippen LogP contribution in [0.25, 0.3) is 6.08 Å². The highest BCUT2D eigenvalue weighted by atomic mass is 32.2. The highest BCUT2D eigenvalue weighted by Gasteiger charge is 2.31. The lowest BCUT2D eigenvalue weighted by Crippen LogP contribution is -2.23. The molecule has 2 aromatic carbocycles. The summed E-state index contributed by atoms with van der Waals surface area (Å²) in [6, 6.07) is 12.4. The zero-order valence-electron chi connectivity index (χ0n) is 18.6. The van der Waals surface area contributed by atoms with Crippen LogP contribution in [0.2, 0.25) is 0 Å². The zero-order chi connectivity index (χ0) is 23.1. The predicted molar refractivity (Wildman–Crippen MR) is 127 cm³/mol. The number of carbonyl (C=O) groups is 2. The Hall–Kier alpha value is -3.26. The van der Waals surface area contributed by atoms with Crippen molar-refractivity contribution in [3.63, 3.8) is 0 Å². The molecule has 1 saturated heterocycles. The number of carbonyl (C=O) groups excluding carboxylic acids is 2. The lowest BCUT2D eigenvalue weighted by Gasteiger charge is -2.13. The predicted octanol–water partition coefficient (Wildman–Crippen LogP) is 4.89. The molecule has 0 N–H and O–H groups in total. The highest BCUT2D eigenvalue weighted by Crippen LogP contribution is 2.37. The number of esters is 1. The molecule has 1 heterocycles. The molecule has 32 heavy (non-hydrogen) atoms. The lowest BCUT2D eigenvalue weighted by atomic mass is 10.1. The Bertz CT molecular complexity index is 1060. The van der Waals surface area contributed by atoms with Gasteiger partial charge in [-0.05, 0) is 55.4 Å². The number of hydrogen-bond donors (Lipinski definition) is 0. The van der Waals surface area contributed by atoms with E-state index in [-0.39, 0.29) is 5.91 Å².